The number of rotatable bonds is 7. The molecule has 1 amide bonds. The SMILES string of the molecule is COc1cc(-c2nn(C3CCN(Cc4ccco4)CC3)c3ncnc(N)c23)ccc1NC(=O)c1ccc(C(F)(F)F)cc1F. The van der Waals surface area contributed by atoms with Gasteiger partial charge in [-0.1, -0.05) is 6.07 Å². The van der Waals surface area contributed by atoms with E-state index in [0.29, 0.717) is 28.4 Å². The fourth-order valence-corrected chi connectivity index (χ4v) is 5.40. The number of benzene rings is 2. The smallest absolute Gasteiger partial charge is 0.416 e. The number of piperidine rings is 1. The van der Waals surface area contributed by atoms with Crippen LogP contribution in [0.25, 0.3) is 22.3 Å². The Labute approximate surface area is 248 Å². The molecule has 44 heavy (non-hydrogen) atoms. The molecular formula is C30H27F4N7O3. The zero-order valence-corrected chi connectivity index (χ0v) is 23.4. The molecule has 1 aliphatic heterocycles. The highest BCUT2D eigenvalue weighted by atomic mass is 19.4. The molecule has 4 heterocycles. The van der Waals surface area contributed by atoms with Crippen molar-refractivity contribution in [3.8, 4) is 17.0 Å². The molecule has 1 saturated heterocycles. The average molecular weight is 610 g/mol. The summed E-state index contributed by atoms with van der Waals surface area (Å²) in [6, 6.07) is 10.4. The number of nitrogens with zero attached hydrogens (tertiary/aromatic N) is 5. The van der Waals surface area contributed by atoms with Crippen LogP contribution in [0.15, 0.2) is 65.5 Å². The number of hydrogen-bond donors (Lipinski definition) is 2. The van der Waals surface area contributed by atoms with Crippen LogP contribution in [-0.2, 0) is 12.7 Å². The molecule has 0 unspecified atom stereocenters. The maximum absolute atomic E-state index is 14.4. The van der Waals surface area contributed by atoms with Gasteiger partial charge in [-0.2, -0.15) is 18.3 Å². The number of hydrogen-bond acceptors (Lipinski definition) is 8. The monoisotopic (exact) mass is 609 g/mol. The number of amides is 1. The van der Waals surface area contributed by atoms with Crippen LogP contribution in [0.2, 0.25) is 0 Å². The van der Waals surface area contributed by atoms with Crippen molar-refractivity contribution in [2.24, 2.45) is 0 Å². The van der Waals surface area contributed by atoms with Crippen LogP contribution in [-0.4, -0.2) is 50.8 Å². The molecule has 0 spiro atoms. The summed E-state index contributed by atoms with van der Waals surface area (Å²) < 4.78 is 66.0. The lowest BCUT2D eigenvalue weighted by Crippen LogP contribution is -2.34. The summed E-state index contributed by atoms with van der Waals surface area (Å²) in [7, 11) is 1.39. The van der Waals surface area contributed by atoms with Crippen molar-refractivity contribution in [3.63, 3.8) is 0 Å². The fourth-order valence-electron chi connectivity index (χ4n) is 5.40. The van der Waals surface area contributed by atoms with Crippen molar-refractivity contribution in [1.29, 1.82) is 0 Å². The normalized spacial score (nSPS) is 14.7. The number of carbonyl (C=O) groups excluding carboxylic acids is 1. The summed E-state index contributed by atoms with van der Waals surface area (Å²) >= 11 is 0. The van der Waals surface area contributed by atoms with Crippen molar-refractivity contribution < 1.29 is 31.5 Å². The first kappa shape index (κ1) is 29.1. The van der Waals surface area contributed by atoms with Gasteiger partial charge in [-0.15, -0.1) is 0 Å². The standard InChI is InChI=1S/C30H27F4N7O3/c1-43-24-13-17(4-7-23(24)38-29(42)21-6-5-18(14-22(21)31)30(32,33)34)26-25-27(35)36-16-37-28(25)41(39-26)19-8-10-40(11-9-19)15-20-3-2-12-44-20/h2-7,12-14,16,19H,8-11,15H2,1H3,(H,38,42)(H2,35,36,37). The molecule has 10 nitrogen and oxygen atoms in total. The van der Waals surface area contributed by atoms with Gasteiger partial charge in [0.15, 0.2) is 5.65 Å². The predicted molar refractivity (Wildman–Crippen MR) is 153 cm³/mol. The third-order valence-corrected chi connectivity index (χ3v) is 7.64. The van der Waals surface area contributed by atoms with Crippen LogP contribution in [0.4, 0.5) is 29.1 Å². The molecule has 3 aromatic heterocycles. The molecule has 14 heteroatoms. The minimum Gasteiger partial charge on any atom is -0.495 e. The van der Waals surface area contributed by atoms with E-state index in [1.54, 1.807) is 18.4 Å². The van der Waals surface area contributed by atoms with E-state index in [2.05, 4.69) is 20.2 Å². The summed E-state index contributed by atoms with van der Waals surface area (Å²) in [6.07, 6.45) is -0.0209. The van der Waals surface area contributed by atoms with Gasteiger partial charge in [-0.3, -0.25) is 9.69 Å². The van der Waals surface area contributed by atoms with Crippen LogP contribution < -0.4 is 15.8 Å². The average Bonchev–Trinajstić information content (AvgIpc) is 3.66. The zero-order valence-electron chi connectivity index (χ0n) is 23.4. The predicted octanol–water partition coefficient (Wildman–Crippen LogP) is 5.92. The largest absolute Gasteiger partial charge is 0.495 e. The van der Waals surface area contributed by atoms with Crippen molar-refractivity contribution in [2.75, 3.05) is 31.2 Å². The van der Waals surface area contributed by atoms with E-state index in [-0.39, 0.29) is 29.4 Å². The minimum atomic E-state index is -4.74. The molecule has 5 aromatic rings. The second-order valence-electron chi connectivity index (χ2n) is 10.4. The van der Waals surface area contributed by atoms with Gasteiger partial charge in [0.05, 0.1) is 48.2 Å². The molecule has 0 saturated carbocycles. The molecule has 0 atom stereocenters. The van der Waals surface area contributed by atoms with Crippen molar-refractivity contribution in [3.05, 3.63) is 83.8 Å². The highest BCUT2D eigenvalue weighted by Gasteiger charge is 2.32. The Morgan fingerprint density at radius 2 is 1.93 bits per heavy atom. The van der Waals surface area contributed by atoms with E-state index < -0.39 is 29.0 Å². The van der Waals surface area contributed by atoms with Gasteiger partial charge in [0.25, 0.3) is 5.91 Å². The molecule has 6 rings (SSSR count). The van der Waals surface area contributed by atoms with Crippen molar-refractivity contribution in [1.82, 2.24) is 24.6 Å². The Morgan fingerprint density at radius 3 is 2.61 bits per heavy atom. The fraction of sp³-hybridized carbons (Fsp3) is 0.267. The highest BCUT2D eigenvalue weighted by Crippen LogP contribution is 2.38. The number of anilines is 2. The van der Waals surface area contributed by atoms with Gasteiger partial charge >= 0.3 is 6.18 Å². The number of furan rings is 1. The van der Waals surface area contributed by atoms with E-state index in [1.165, 1.54) is 19.5 Å². The van der Waals surface area contributed by atoms with Gasteiger partial charge < -0.3 is 20.2 Å². The number of alkyl halides is 3. The van der Waals surface area contributed by atoms with Crippen LogP contribution in [0.1, 0.15) is 40.6 Å². The Bertz CT molecular complexity index is 1810. The second-order valence-corrected chi connectivity index (χ2v) is 10.4. The lowest BCUT2D eigenvalue weighted by Gasteiger charge is -2.31. The number of ether oxygens (including phenoxy) is 1. The van der Waals surface area contributed by atoms with Gasteiger partial charge in [0.1, 0.15) is 35.2 Å². The summed E-state index contributed by atoms with van der Waals surface area (Å²) in [6.45, 7) is 2.41. The number of nitrogen functional groups attached to an aromatic ring is 1. The molecule has 1 aliphatic rings. The number of fused-ring (bicyclic) bond motifs is 1. The first-order chi connectivity index (χ1) is 21.1. The highest BCUT2D eigenvalue weighted by molar-refractivity contribution is 6.06. The van der Waals surface area contributed by atoms with E-state index in [9.17, 15) is 22.4 Å². The first-order valence-corrected chi connectivity index (χ1v) is 13.7. The second kappa shape index (κ2) is 11.6. The maximum atomic E-state index is 14.4. The number of carbonyl (C=O) groups is 1. The molecule has 1 fully saturated rings. The summed E-state index contributed by atoms with van der Waals surface area (Å²) in [5.41, 5.74) is 6.44. The number of halogens is 4. The third kappa shape index (κ3) is 5.67. The third-order valence-electron chi connectivity index (χ3n) is 7.64. The molecule has 0 aliphatic carbocycles. The van der Waals surface area contributed by atoms with Crippen LogP contribution in [0, 0.1) is 5.82 Å². The number of nitrogens with two attached hydrogens (primary N) is 1. The Kier molecular flexibility index (Phi) is 7.67. The number of nitrogens with one attached hydrogen (secondary N) is 1. The van der Waals surface area contributed by atoms with Crippen LogP contribution >= 0.6 is 0 Å². The van der Waals surface area contributed by atoms with Crippen molar-refractivity contribution >= 4 is 28.4 Å². The first-order valence-electron chi connectivity index (χ1n) is 13.7. The number of likely N-dealkylation sites (tertiary alicyclic amines) is 1. The van der Waals surface area contributed by atoms with Gasteiger partial charge in [0, 0.05) is 18.7 Å². The molecule has 3 N–H and O–H groups in total. The van der Waals surface area contributed by atoms with Crippen LogP contribution in [0.3, 0.4) is 0 Å². The van der Waals surface area contributed by atoms with Gasteiger partial charge in [-0.05, 0) is 55.3 Å². The van der Waals surface area contributed by atoms with Gasteiger partial charge in [-0.25, -0.2) is 19.0 Å². The molecule has 0 bridgehead atoms. The maximum Gasteiger partial charge on any atom is 0.416 e. The zero-order chi connectivity index (χ0) is 31.0. The van der Waals surface area contributed by atoms with E-state index in [0.717, 1.165) is 44.3 Å². The summed E-state index contributed by atoms with van der Waals surface area (Å²) in [4.78, 5) is 23.8. The van der Waals surface area contributed by atoms with Gasteiger partial charge in [0.2, 0.25) is 0 Å². The topological polar surface area (TPSA) is 124 Å². The van der Waals surface area contributed by atoms with E-state index >= 15 is 0 Å². The quantitative estimate of drug-likeness (QED) is 0.218. The number of methoxy groups -OCH3 is 1. The lowest BCUT2D eigenvalue weighted by molar-refractivity contribution is -0.137. The Hall–Kier alpha value is -4.98. The molecular weight excluding hydrogens is 582 g/mol. The molecule has 228 valence electrons. The van der Waals surface area contributed by atoms with Crippen LogP contribution in [0.5, 0.6) is 5.75 Å². The van der Waals surface area contributed by atoms with E-state index in [1.807, 2.05) is 16.8 Å². The summed E-state index contributed by atoms with van der Waals surface area (Å²) in [5, 5.41) is 7.99. The summed E-state index contributed by atoms with van der Waals surface area (Å²) in [5.74, 6) is -0.859. The van der Waals surface area contributed by atoms with Crippen molar-refractivity contribution in [2.45, 2.75) is 31.6 Å². The molecule has 0 radical (unpaired) electrons. The lowest BCUT2D eigenvalue weighted by atomic mass is 10.0. The molecule has 2 aromatic carbocycles. The number of aromatic nitrogens is 4. The minimum absolute atomic E-state index is 0.0625. The Balaban J connectivity index is 1.26. The Morgan fingerprint density at radius 1 is 1.14 bits per heavy atom. The van der Waals surface area contributed by atoms with E-state index in [4.69, 9.17) is 20.0 Å².